The maximum absolute atomic E-state index is 11.7. The maximum Gasteiger partial charge on any atom is 0.198 e. The summed E-state index contributed by atoms with van der Waals surface area (Å²) >= 11 is 0. The molecule has 27 heavy (non-hydrogen) atoms. The molecular formula is C20H30O7. The third kappa shape index (κ3) is 5.35. The second-order valence-electron chi connectivity index (χ2n) is 7.76. The standard InChI is InChI=1S/C10H14O3.C9H12O3.CH4O/c1-6-8(13-4)7(11)5-10(2,3)9(6)12;1-5-7(11)6(10)4-9(2,3)8(5)12;1-2/h5H2,1-4H3;11H,4H2,1-3H3;2H,1H3. The Morgan fingerprint density at radius 1 is 0.778 bits per heavy atom. The zero-order chi connectivity index (χ0) is 21.7. The Kier molecular flexibility index (Phi) is 8.31. The molecule has 0 bridgehead atoms. The first-order valence-electron chi connectivity index (χ1n) is 8.51. The van der Waals surface area contributed by atoms with Crippen LogP contribution in [0.15, 0.2) is 22.7 Å². The number of hydrogen-bond donors (Lipinski definition) is 2. The van der Waals surface area contributed by atoms with Gasteiger partial charge in [0.05, 0.1) is 7.11 Å². The second kappa shape index (κ2) is 9.08. The third-order valence-corrected chi connectivity index (χ3v) is 4.53. The number of carbonyl (C=O) groups is 4. The molecule has 0 fully saturated rings. The number of allylic oxidation sites excluding steroid dienone is 4. The molecule has 2 aliphatic rings. The molecular weight excluding hydrogens is 352 g/mol. The average molecular weight is 382 g/mol. The zero-order valence-electron chi connectivity index (χ0n) is 17.3. The molecule has 2 N–H and O–H groups in total. The number of ether oxygens (including phenoxy) is 1. The fraction of sp³-hybridized carbons (Fsp3) is 0.600. The van der Waals surface area contributed by atoms with Crippen LogP contribution in [-0.4, -0.2) is 47.6 Å². The lowest BCUT2D eigenvalue weighted by atomic mass is 9.75. The Morgan fingerprint density at radius 2 is 1.15 bits per heavy atom. The van der Waals surface area contributed by atoms with Crippen LogP contribution in [0.1, 0.15) is 54.4 Å². The van der Waals surface area contributed by atoms with Crippen LogP contribution in [-0.2, 0) is 23.9 Å². The van der Waals surface area contributed by atoms with Crippen molar-refractivity contribution in [1.29, 1.82) is 0 Å². The van der Waals surface area contributed by atoms with Crippen LogP contribution < -0.4 is 0 Å². The summed E-state index contributed by atoms with van der Waals surface area (Å²) in [6.45, 7) is 10.1. The van der Waals surface area contributed by atoms with E-state index in [1.165, 1.54) is 14.0 Å². The van der Waals surface area contributed by atoms with Crippen molar-refractivity contribution >= 4 is 23.1 Å². The summed E-state index contributed by atoms with van der Waals surface area (Å²) in [6, 6.07) is 0. The summed E-state index contributed by atoms with van der Waals surface area (Å²) in [5.41, 5.74) is -0.573. The first-order valence-corrected chi connectivity index (χ1v) is 8.51. The highest BCUT2D eigenvalue weighted by molar-refractivity contribution is 6.13. The molecule has 2 rings (SSSR count). The highest BCUT2D eigenvalue weighted by Crippen LogP contribution is 2.33. The lowest BCUT2D eigenvalue weighted by Crippen LogP contribution is -2.34. The van der Waals surface area contributed by atoms with E-state index >= 15 is 0 Å². The van der Waals surface area contributed by atoms with Gasteiger partial charge >= 0.3 is 0 Å². The predicted molar refractivity (Wildman–Crippen MR) is 100 cm³/mol. The normalized spacial score (nSPS) is 21.2. The molecule has 0 aromatic carbocycles. The molecule has 0 aromatic heterocycles. The molecule has 0 spiro atoms. The monoisotopic (exact) mass is 382 g/mol. The van der Waals surface area contributed by atoms with Crippen LogP contribution in [0.3, 0.4) is 0 Å². The van der Waals surface area contributed by atoms with E-state index in [1.807, 2.05) is 0 Å². The molecule has 0 saturated carbocycles. The van der Waals surface area contributed by atoms with Crippen molar-refractivity contribution in [1.82, 2.24) is 0 Å². The summed E-state index contributed by atoms with van der Waals surface area (Å²) in [6.07, 6.45) is 0.349. The SMILES string of the molecule is CC1=C(O)C(=O)CC(C)(C)C1=O.CO.COC1=C(C)C(=O)C(C)(C)CC1=O. The molecule has 0 saturated heterocycles. The maximum atomic E-state index is 11.7. The summed E-state index contributed by atoms with van der Waals surface area (Å²) in [5.74, 6) is -0.686. The molecule has 0 aromatic rings. The van der Waals surface area contributed by atoms with E-state index in [4.69, 9.17) is 14.9 Å². The Morgan fingerprint density at radius 3 is 1.56 bits per heavy atom. The Bertz CT molecular complexity index is 706. The van der Waals surface area contributed by atoms with Gasteiger partial charge < -0.3 is 14.9 Å². The summed E-state index contributed by atoms with van der Waals surface area (Å²) < 4.78 is 4.89. The van der Waals surface area contributed by atoms with Gasteiger partial charge in [-0.05, 0) is 13.8 Å². The molecule has 0 heterocycles. The van der Waals surface area contributed by atoms with Crippen molar-refractivity contribution in [2.24, 2.45) is 10.8 Å². The van der Waals surface area contributed by atoms with E-state index in [0.717, 1.165) is 7.11 Å². The predicted octanol–water partition coefficient (Wildman–Crippen LogP) is 2.47. The van der Waals surface area contributed by atoms with Crippen molar-refractivity contribution in [3.8, 4) is 0 Å². The van der Waals surface area contributed by atoms with Crippen molar-refractivity contribution in [2.45, 2.75) is 54.4 Å². The highest BCUT2D eigenvalue weighted by atomic mass is 16.5. The molecule has 0 amide bonds. The van der Waals surface area contributed by atoms with Crippen LogP contribution in [0.4, 0.5) is 0 Å². The van der Waals surface area contributed by atoms with E-state index in [-0.39, 0.29) is 53.1 Å². The fourth-order valence-electron chi connectivity index (χ4n) is 3.04. The van der Waals surface area contributed by atoms with Gasteiger partial charge in [0, 0.05) is 41.9 Å². The number of Topliss-reactive ketones (excluding diaryl/α,β-unsaturated/α-hetero) is 4. The number of hydrogen-bond acceptors (Lipinski definition) is 7. The van der Waals surface area contributed by atoms with E-state index in [1.54, 1.807) is 34.6 Å². The Hall–Kier alpha value is -2.28. The van der Waals surface area contributed by atoms with Crippen molar-refractivity contribution in [2.75, 3.05) is 14.2 Å². The average Bonchev–Trinajstić information content (AvgIpc) is 2.58. The van der Waals surface area contributed by atoms with Crippen molar-refractivity contribution in [3.63, 3.8) is 0 Å². The number of rotatable bonds is 1. The van der Waals surface area contributed by atoms with Gasteiger partial charge in [0.2, 0.25) is 0 Å². The van der Waals surface area contributed by atoms with Gasteiger partial charge in [-0.25, -0.2) is 0 Å². The summed E-state index contributed by atoms with van der Waals surface area (Å²) in [5, 5.41) is 16.2. The number of methoxy groups -OCH3 is 1. The topological polar surface area (TPSA) is 118 Å². The van der Waals surface area contributed by atoms with Crippen LogP contribution >= 0.6 is 0 Å². The molecule has 0 aliphatic heterocycles. The largest absolute Gasteiger partial charge is 0.504 e. The molecule has 7 nitrogen and oxygen atoms in total. The number of ketones is 4. The van der Waals surface area contributed by atoms with Crippen LogP contribution in [0.5, 0.6) is 0 Å². The van der Waals surface area contributed by atoms with Crippen LogP contribution in [0, 0.1) is 10.8 Å². The van der Waals surface area contributed by atoms with Gasteiger partial charge in [0.25, 0.3) is 0 Å². The van der Waals surface area contributed by atoms with Gasteiger partial charge in [-0.15, -0.1) is 0 Å². The lowest BCUT2D eigenvalue weighted by Gasteiger charge is -2.28. The number of aliphatic hydroxyl groups excluding tert-OH is 2. The van der Waals surface area contributed by atoms with Crippen LogP contribution in [0.25, 0.3) is 0 Å². The van der Waals surface area contributed by atoms with E-state index < -0.39 is 10.8 Å². The quantitative estimate of drug-likeness (QED) is 0.715. The van der Waals surface area contributed by atoms with Gasteiger partial charge in [0.15, 0.2) is 34.7 Å². The molecule has 0 unspecified atom stereocenters. The smallest absolute Gasteiger partial charge is 0.198 e. The molecule has 7 heteroatoms. The van der Waals surface area contributed by atoms with Gasteiger partial charge in [0.1, 0.15) is 0 Å². The summed E-state index contributed by atoms with van der Waals surface area (Å²) in [4.78, 5) is 45.7. The van der Waals surface area contributed by atoms with Gasteiger partial charge in [-0.1, -0.05) is 27.7 Å². The molecule has 0 atom stereocenters. The zero-order valence-corrected chi connectivity index (χ0v) is 17.3. The Balaban J connectivity index is 0.000000460. The number of aliphatic hydroxyl groups is 2. The lowest BCUT2D eigenvalue weighted by molar-refractivity contribution is -0.132. The summed E-state index contributed by atoms with van der Waals surface area (Å²) in [7, 11) is 2.42. The third-order valence-electron chi connectivity index (χ3n) is 4.53. The highest BCUT2D eigenvalue weighted by Gasteiger charge is 2.39. The van der Waals surface area contributed by atoms with E-state index in [0.29, 0.717) is 5.57 Å². The van der Waals surface area contributed by atoms with Crippen molar-refractivity contribution < 1.29 is 34.1 Å². The van der Waals surface area contributed by atoms with Crippen LogP contribution in [0.2, 0.25) is 0 Å². The minimum atomic E-state index is -0.645. The van der Waals surface area contributed by atoms with Crippen molar-refractivity contribution in [3.05, 3.63) is 22.7 Å². The second-order valence-corrected chi connectivity index (χ2v) is 7.76. The Labute approximate surface area is 160 Å². The minimum absolute atomic E-state index is 0.00366. The number of carbonyl (C=O) groups excluding carboxylic acids is 4. The van der Waals surface area contributed by atoms with Gasteiger partial charge in [-0.2, -0.15) is 0 Å². The first kappa shape index (κ1) is 24.7. The van der Waals surface area contributed by atoms with E-state index in [2.05, 4.69) is 0 Å². The first-order chi connectivity index (χ1) is 12.3. The minimum Gasteiger partial charge on any atom is -0.504 e. The molecule has 0 radical (unpaired) electrons. The molecule has 2 aliphatic carbocycles. The fourth-order valence-corrected chi connectivity index (χ4v) is 3.04. The van der Waals surface area contributed by atoms with E-state index in [9.17, 15) is 19.2 Å². The van der Waals surface area contributed by atoms with Gasteiger partial charge in [-0.3, -0.25) is 19.2 Å². The molecule has 152 valence electrons.